The molecule has 0 fully saturated rings. The molecule has 1 atom stereocenters. The van der Waals surface area contributed by atoms with Crippen molar-refractivity contribution in [3.8, 4) is 5.75 Å². The van der Waals surface area contributed by atoms with Gasteiger partial charge in [-0.1, -0.05) is 13.8 Å². The molecule has 0 saturated carbocycles. The number of carbonyl (C=O) groups excluding carboxylic acids is 1. The molecule has 0 spiro atoms. The monoisotopic (exact) mass is 356 g/mol. The van der Waals surface area contributed by atoms with E-state index in [1.165, 1.54) is 0 Å². The first-order chi connectivity index (χ1) is 11.2. The molecular weight excluding hydrogens is 328 g/mol. The van der Waals surface area contributed by atoms with Crippen LogP contribution in [0.25, 0.3) is 0 Å². The van der Waals surface area contributed by atoms with Gasteiger partial charge in [-0.25, -0.2) is 8.42 Å². The van der Waals surface area contributed by atoms with Crippen molar-refractivity contribution >= 4 is 21.6 Å². The van der Waals surface area contributed by atoms with Gasteiger partial charge in [-0.2, -0.15) is 0 Å². The van der Waals surface area contributed by atoms with Crippen LogP contribution in [0.4, 0.5) is 5.69 Å². The largest absolute Gasteiger partial charge is 0.494 e. The Morgan fingerprint density at radius 1 is 1.21 bits per heavy atom. The topological polar surface area (TPSA) is 75.7 Å². The fourth-order valence-corrected chi connectivity index (χ4v) is 3.47. The van der Waals surface area contributed by atoms with E-state index < -0.39 is 16.1 Å². The fourth-order valence-electron chi connectivity index (χ4n) is 2.30. The summed E-state index contributed by atoms with van der Waals surface area (Å²) in [6.45, 7) is 8.66. The number of benzene rings is 1. The molecule has 0 radical (unpaired) electrons. The predicted octanol–water partition coefficient (Wildman–Crippen LogP) is 2.40. The molecule has 136 valence electrons. The summed E-state index contributed by atoms with van der Waals surface area (Å²) in [7, 11) is -3.60. The third kappa shape index (κ3) is 6.03. The van der Waals surface area contributed by atoms with Crippen molar-refractivity contribution in [1.82, 2.24) is 5.32 Å². The molecule has 1 amide bonds. The maximum atomic E-state index is 12.3. The number of rotatable bonds is 9. The van der Waals surface area contributed by atoms with Gasteiger partial charge in [0.2, 0.25) is 15.9 Å². The molecule has 0 aromatic heterocycles. The van der Waals surface area contributed by atoms with Gasteiger partial charge in [-0.05, 0) is 50.5 Å². The van der Waals surface area contributed by atoms with Crippen molar-refractivity contribution in [3.63, 3.8) is 0 Å². The Kier molecular flexibility index (Phi) is 7.54. The lowest BCUT2D eigenvalue weighted by Crippen LogP contribution is -2.48. The minimum atomic E-state index is -3.60. The molecule has 0 saturated heterocycles. The van der Waals surface area contributed by atoms with Crippen LogP contribution in [-0.2, 0) is 14.8 Å². The summed E-state index contributed by atoms with van der Waals surface area (Å²) < 4.78 is 30.9. The molecular formula is C17H28N2O4S. The molecule has 6 nitrogen and oxygen atoms in total. The van der Waals surface area contributed by atoms with Crippen LogP contribution >= 0.6 is 0 Å². The maximum absolute atomic E-state index is 12.3. The van der Waals surface area contributed by atoms with Crippen LogP contribution in [0, 0.1) is 5.92 Å². The zero-order chi connectivity index (χ0) is 18.3. The van der Waals surface area contributed by atoms with E-state index in [2.05, 4.69) is 19.2 Å². The minimum absolute atomic E-state index is 0.310. The second-order valence-electron chi connectivity index (χ2n) is 6.14. The van der Waals surface area contributed by atoms with Gasteiger partial charge < -0.3 is 10.1 Å². The minimum Gasteiger partial charge on any atom is -0.494 e. The highest BCUT2D eigenvalue weighted by Crippen LogP contribution is 2.24. The van der Waals surface area contributed by atoms with Gasteiger partial charge in [-0.15, -0.1) is 0 Å². The molecule has 1 N–H and O–H groups in total. The summed E-state index contributed by atoms with van der Waals surface area (Å²) in [5.41, 5.74) is 0.437. The summed E-state index contributed by atoms with van der Waals surface area (Å²) >= 11 is 0. The van der Waals surface area contributed by atoms with Crippen LogP contribution in [0.5, 0.6) is 5.75 Å². The zero-order valence-electron chi connectivity index (χ0n) is 15.1. The molecule has 1 aromatic rings. The van der Waals surface area contributed by atoms with E-state index in [1.54, 1.807) is 31.2 Å². The van der Waals surface area contributed by atoms with Gasteiger partial charge >= 0.3 is 0 Å². The number of anilines is 1. The van der Waals surface area contributed by atoms with E-state index in [4.69, 9.17) is 4.74 Å². The number of carbonyl (C=O) groups is 1. The Balaban J connectivity index is 2.94. The molecule has 1 rings (SSSR count). The second kappa shape index (κ2) is 8.92. The molecule has 1 aromatic carbocycles. The molecule has 24 heavy (non-hydrogen) atoms. The van der Waals surface area contributed by atoms with Crippen molar-refractivity contribution in [3.05, 3.63) is 24.3 Å². The zero-order valence-corrected chi connectivity index (χ0v) is 15.9. The van der Waals surface area contributed by atoms with Crippen LogP contribution in [0.3, 0.4) is 0 Å². The Morgan fingerprint density at radius 3 is 2.25 bits per heavy atom. The highest BCUT2D eigenvalue weighted by Gasteiger charge is 2.28. The fraction of sp³-hybridized carbons (Fsp3) is 0.588. The third-order valence-corrected chi connectivity index (χ3v) is 4.75. The Bertz CT molecular complexity index is 626. The molecule has 7 heteroatoms. The molecule has 0 bridgehead atoms. The average molecular weight is 356 g/mol. The number of amides is 1. The number of ether oxygens (including phenoxy) is 1. The second-order valence-corrected chi connectivity index (χ2v) is 7.99. The van der Waals surface area contributed by atoms with E-state index in [1.807, 2.05) is 6.92 Å². The van der Waals surface area contributed by atoms with E-state index in [-0.39, 0.29) is 5.91 Å². The molecule has 0 aliphatic carbocycles. The molecule has 0 aliphatic heterocycles. The highest BCUT2D eigenvalue weighted by molar-refractivity contribution is 7.92. The van der Waals surface area contributed by atoms with Crippen molar-refractivity contribution in [2.45, 2.75) is 40.2 Å². The van der Waals surface area contributed by atoms with Crippen LogP contribution in [0.15, 0.2) is 24.3 Å². The summed E-state index contributed by atoms with van der Waals surface area (Å²) in [6.07, 6.45) is 1.95. The van der Waals surface area contributed by atoms with E-state index in [0.717, 1.165) is 17.0 Å². The standard InChI is InChI=1S/C17H28N2O4S/c1-6-23-16-9-7-15(8-10-16)19(24(5,21)22)14(4)17(20)18-12-11-13(2)3/h7-10,13-14H,6,11-12H2,1-5H3,(H,18,20)/t14-/m0/s1. The van der Waals surface area contributed by atoms with Crippen molar-refractivity contribution < 1.29 is 17.9 Å². The lowest BCUT2D eigenvalue weighted by Gasteiger charge is -2.28. The van der Waals surface area contributed by atoms with Crippen molar-refractivity contribution in [2.75, 3.05) is 23.7 Å². The predicted molar refractivity (Wildman–Crippen MR) is 96.9 cm³/mol. The Morgan fingerprint density at radius 2 is 1.79 bits per heavy atom. The Labute approximate surface area is 145 Å². The summed E-state index contributed by atoms with van der Waals surface area (Å²) in [5.74, 6) is 0.816. The summed E-state index contributed by atoms with van der Waals surface area (Å²) in [5, 5.41) is 2.80. The summed E-state index contributed by atoms with van der Waals surface area (Å²) in [6, 6.07) is 5.85. The van der Waals surface area contributed by atoms with E-state index >= 15 is 0 Å². The van der Waals surface area contributed by atoms with E-state index in [0.29, 0.717) is 30.5 Å². The number of hydrogen-bond acceptors (Lipinski definition) is 4. The lowest BCUT2D eigenvalue weighted by atomic mass is 10.1. The van der Waals surface area contributed by atoms with Crippen LogP contribution in [0.2, 0.25) is 0 Å². The van der Waals surface area contributed by atoms with Crippen LogP contribution in [0.1, 0.15) is 34.1 Å². The first-order valence-electron chi connectivity index (χ1n) is 8.16. The third-order valence-electron chi connectivity index (χ3n) is 3.51. The van der Waals surface area contributed by atoms with Crippen LogP contribution in [-0.4, -0.2) is 39.8 Å². The molecule has 0 unspecified atom stereocenters. The summed E-state index contributed by atoms with van der Waals surface area (Å²) in [4.78, 5) is 12.3. The first-order valence-corrected chi connectivity index (χ1v) is 10.0. The number of nitrogens with zero attached hydrogens (tertiary/aromatic N) is 1. The first kappa shape index (κ1) is 20.3. The Hall–Kier alpha value is -1.76. The molecule has 0 aliphatic rings. The number of nitrogens with one attached hydrogen (secondary N) is 1. The average Bonchev–Trinajstić information content (AvgIpc) is 2.47. The quantitative estimate of drug-likeness (QED) is 0.737. The maximum Gasteiger partial charge on any atom is 0.243 e. The van der Waals surface area contributed by atoms with Gasteiger partial charge in [0.15, 0.2) is 0 Å². The lowest BCUT2D eigenvalue weighted by molar-refractivity contribution is -0.121. The van der Waals surface area contributed by atoms with Gasteiger partial charge in [-0.3, -0.25) is 9.10 Å². The van der Waals surface area contributed by atoms with E-state index in [9.17, 15) is 13.2 Å². The highest BCUT2D eigenvalue weighted by atomic mass is 32.2. The smallest absolute Gasteiger partial charge is 0.243 e. The van der Waals surface area contributed by atoms with Gasteiger partial charge in [0.25, 0.3) is 0 Å². The number of hydrogen-bond donors (Lipinski definition) is 1. The van der Waals surface area contributed by atoms with Crippen molar-refractivity contribution in [2.24, 2.45) is 5.92 Å². The van der Waals surface area contributed by atoms with Gasteiger partial charge in [0.1, 0.15) is 11.8 Å². The van der Waals surface area contributed by atoms with Gasteiger partial charge in [0.05, 0.1) is 18.6 Å². The SMILES string of the molecule is CCOc1ccc(N([C@@H](C)C(=O)NCCC(C)C)S(C)(=O)=O)cc1. The normalized spacial score (nSPS) is 12.8. The van der Waals surface area contributed by atoms with Crippen LogP contribution < -0.4 is 14.4 Å². The van der Waals surface area contributed by atoms with Crippen molar-refractivity contribution in [1.29, 1.82) is 0 Å². The number of sulfonamides is 1. The van der Waals surface area contributed by atoms with Gasteiger partial charge in [0, 0.05) is 6.54 Å². The molecule has 0 heterocycles.